The number of halogens is 1. The SMILES string of the molecule is CC(=O)OC(C#Cc1cccc(Cl)c1)[C@H]1O[C@@H]1c1ccccc1. The summed E-state index contributed by atoms with van der Waals surface area (Å²) in [6.45, 7) is 1.37. The molecule has 0 aliphatic carbocycles. The van der Waals surface area contributed by atoms with Crippen molar-refractivity contribution in [3.8, 4) is 11.8 Å². The minimum absolute atomic E-state index is 0.0887. The van der Waals surface area contributed by atoms with Crippen LogP contribution < -0.4 is 0 Å². The van der Waals surface area contributed by atoms with Gasteiger partial charge in [-0.2, -0.15) is 0 Å². The Morgan fingerprint density at radius 1 is 1.22 bits per heavy atom. The molecular formula is C19H15ClO3. The zero-order valence-corrected chi connectivity index (χ0v) is 13.3. The predicted octanol–water partition coefficient (Wildman–Crippen LogP) is 3.76. The van der Waals surface area contributed by atoms with E-state index in [-0.39, 0.29) is 18.2 Å². The molecule has 1 heterocycles. The maximum atomic E-state index is 11.3. The highest BCUT2D eigenvalue weighted by molar-refractivity contribution is 6.30. The van der Waals surface area contributed by atoms with E-state index in [4.69, 9.17) is 21.1 Å². The smallest absolute Gasteiger partial charge is 0.303 e. The fourth-order valence-electron chi connectivity index (χ4n) is 2.34. The Kier molecular flexibility index (Phi) is 4.66. The van der Waals surface area contributed by atoms with Gasteiger partial charge in [0.1, 0.15) is 12.2 Å². The van der Waals surface area contributed by atoms with Crippen molar-refractivity contribution in [1.82, 2.24) is 0 Å². The lowest BCUT2D eigenvalue weighted by Crippen LogP contribution is -2.21. The molecule has 0 aromatic heterocycles. The van der Waals surface area contributed by atoms with E-state index in [9.17, 15) is 4.79 Å². The zero-order chi connectivity index (χ0) is 16.2. The van der Waals surface area contributed by atoms with Crippen molar-refractivity contribution in [2.75, 3.05) is 0 Å². The first-order valence-corrected chi connectivity index (χ1v) is 7.66. The van der Waals surface area contributed by atoms with E-state index >= 15 is 0 Å². The molecule has 1 aliphatic rings. The molecule has 3 nitrogen and oxygen atoms in total. The van der Waals surface area contributed by atoms with Gasteiger partial charge in [-0.3, -0.25) is 4.79 Å². The first kappa shape index (κ1) is 15.6. The lowest BCUT2D eigenvalue weighted by molar-refractivity contribution is -0.144. The second-order valence-electron chi connectivity index (χ2n) is 5.24. The maximum Gasteiger partial charge on any atom is 0.303 e. The predicted molar refractivity (Wildman–Crippen MR) is 87.9 cm³/mol. The number of carbonyl (C=O) groups excluding carboxylic acids is 1. The van der Waals surface area contributed by atoms with Gasteiger partial charge >= 0.3 is 5.97 Å². The van der Waals surface area contributed by atoms with Crippen LogP contribution in [0.2, 0.25) is 5.02 Å². The first-order chi connectivity index (χ1) is 11.1. The summed E-state index contributed by atoms with van der Waals surface area (Å²) in [4.78, 5) is 11.3. The van der Waals surface area contributed by atoms with E-state index in [0.29, 0.717) is 5.02 Å². The van der Waals surface area contributed by atoms with Gasteiger partial charge in [0, 0.05) is 17.5 Å². The van der Waals surface area contributed by atoms with E-state index < -0.39 is 6.10 Å². The standard InChI is InChI=1S/C19H15ClO3/c1-13(21)22-17(11-10-14-6-5-9-16(20)12-14)19-18(23-19)15-7-3-2-4-8-15/h2-9,12,17-19H,1H3/t17?,18-,19-/m1/s1. The molecule has 1 unspecified atom stereocenters. The van der Waals surface area contributed by atoms with Crippen LogP contribution in [0.1, 0.15) is 24.2 Å². The Morgan fingerprint density at radius 3 is 2.70 bits per heavy atom. The van der Waals surface area contributed by atoms with Crippen molar-refractivity contribution in [3.63, 3.8) is 0 Å². The van der Waals surface area contributed by atoms with E-state index in [0.717, 1.165) is 11.1 Å². The molecule has 1 saturated heterocycles. The third-order valence-electron chi connectivity index (χ3n) is 3.43. The number of benzene rings is 2. The van der Waals surface area contributed by atoms with Crippen molar-refractivity contribution >= 4 is 17.6 Å². The van der Waals surface area contributed by atoms with Crippen LogP contribution in [0.5, 0.6) is 0 Å². The van der Waals surface area contributed by atoms with Gasteiger partial charge in [0.15, 0.2) is 6.10 Å². The summed E-state index contributed by atoms with van der Waals surface area (Å²) in [7, 11) is 0. The quantitative estimate of drug-likeness (QED) is 0.489. The van der Waals surface area contributed by atoms with Crippen LogP contribution in [-0.4, -0.2) is 18.2 Å². The molecule has 2 aromatic rings. The molecule has 23 heavy (non-hydrogen) atoms. The number of esters is 1. The highest BCUT2D eigenvalue weighted by Gasteiger charge is 2.47. The van der Waals surface area contributed by atoms with E-state index in [1.165, 1.54) is 6.92 Å². The fraction of sp³-hybridized carbons (Fsp3) is 0.211. The minimum Gasteiger partial charge on any atom is -0.446 e. The molecule has 0 N–H and O–H groups in total. The molecule has 0 saturated carbocycles. The molecule has 2 aromatic carbocycles. The van der Waals surface area contributed by atoms with Crippen molar-refractivity contribution in [3.05, 3.63) is 70.7 Å². The molecule has 4 heteroatoms. The average Bonchev–Trinajstić information content (AvgIpc) is 3.32. The molecule has 1 aliphatic heterocycles. The van der Waals surface area contributed by atoms with Crippen LogP contribution in [-0.2, 0) is 14.3 Å². The molecule has 0 radical (unpaired) electrons. The van der Waals surface area contributed by atoms with Gasteiger partial charge in [0.2, 0.25) is 0 Å². The van der Waals surface area contributed by atoms with Gasteiger partial charge in [0.05, 0.1) is 0 Å². The van der Waals surface area contributed by atoms with Gasteiger partial charge < -0.3 is 9.47 Å². The molecule has 1 fully saturated rings. The molecule has 0 amide bonds. The third kappa shape index (κ3) is 4.13. The van der Waals surface area contributed by atoms with Crippen LogP contribution in [0, 0.1) is 11.8 Å². The van der Waals surface area contributed by atoms with Gasteiger partial charge in [-0.15, -0.1) is 0 Å². The molecular weight excluding hydrogens is 312 g/mol. The van der Waals surface area contributed by atoms with E-state index in [1.54, 1.807) is 12.1 Å². The number of hydrogen-bond acceptors (Lipinski definition) is 3. The Balaban J connectivity index is 1.76. The van der Waals surface area contributed by atoms with Crippen LogP contribution in [0.4, 0.5) is 0 Å². The summed E-state index contributed by atoms with van der Waals surface area (Å²) >= 11 is 5.94. The van der Waals surface area contributed by atoms with Crippen molar-refractivity contribution in [2.45, 2.75) is 25.2 Å². The summed E-state index contributed by atoms with van der Waals surface area (Å²) in [5.74, 6) is 5.60. The van der Waals surface area contributed by atoms with E-state index in [2.05, 4.69) is 11.8 Å². The summed E-state index contributed by atoms with van der Waals surface area (Å²) in [6.07, 6.45) is -0.932. The largest absolute Gasteiger partial charge is 0.446 e. The second-order valence-corrected chi connectivity index (χ2v) is 5.68. The number of carbonyl (C=O) groups is 1. The lowest BCUT2D eigenvalue weighted by atomic mass is 10.1. The highest BCUT2D eigenvalue weighted by Crippen LogP contribution is 2.41. The highest BCUT2D eigenvalue weighted by atomic mass is 35.5. The summed E-state index contributed by atoms with van der Waals surface area (Å²) < 4.78 is 11.0. The van der Waals surface area contributed by atoms with Crippen molar-refractivity contribution in [2.24, 2.45) is 0 Å². The summed E-state index contributed by atoms with van der Waals surface area (Å²) in [6, 6.07) is 17.1. The van der Waals surface area contributed by atoms with Crippen molar-refractivity contribution < 1.29 is 14.3 Å². The summed E-state index contributed by atoms with van der Waals surface area (Å²) in [5, 5.41) is 0.616. The van der Waals surface area contributed by atoms with E-state index in [1.807, 2.05) is 42.5 Å². The number of ether oxygens (including phenoxy) is 2. The Bertz CT molecular complexity index is 761. The van der Waals surface area contributed by atoms with Crippen LogP contribution in [0.15, 0.2) is 54.6 Å². The van der Waals surface area contributed by atoms with Gasteiger partial charge in [-0.05, 0) is 23.8 Å². The zero-order valence-electron chi connectivity index (χ0n) is 12.5. The monoisotopic (exact) mass is 326 g/mol. The molecule has 0 spiro atoms. The van der Waals surface area contributed by atoms with Gasteiger partial charge in [-0.1, -0.05) is 59.8 Å². The second kappa shape index (κ2) is 6.87. The molecule has 3 rings (SSSR count). The molecule has 116 valence electrons. The van der Waals surface area contributed by atoms with Crippen LogP contribution in [0.3, 0.4) is 0 Å². The van der Waals surface area contributed by atoms with Crippen molar-refractivity contribution in [1.29, 1.82) is 0 Å². The van der Waals surface area contributed by atoms with Gasteiger partial charge in [-0.25, -0.2) is 0 Å². The number of rotatable bonds is 3. The molecule has 3 atom stereocenters. The fourth-order valence-corrected chi connectivity index (χ4v) is 2.53. The van der Waals surface area contributed by atoms with Crippen LogP contribution >= 0.6 is 11.6 Å². The lowest BCUT2D eigenvalue weighted by Gasteiger charge is -2.08. The normalized spacial score (nSPS) is 20.1. The first-order valence-electron chi connectivity index (χ1n) is 7.28. The number of epoxide rings is 1. The average molecular weight is 327 g/mol. The minimum atomic E-state index is -0.600. The summed E-state index contributed by atoms with van der Waals surface area (Å²) in [5.41, 5.74) is 1.82. The maximum absolute atomic E-state index is 11.3. The van der Waals surface area contributed by atoms with Gasteiger partial charge in [0.25, 0.3) is 0 Å². The third-order valence-corrected chi connectivity index (χ3v) is 3.66. The Labute approximate surface area is 140 Å². The Morgan fingerprint density at radius 2 is 2.00 bits per heavy atom. The Hall–Kier alpha value is -2.28. The topological polar surface area (TPSA) is 38.8 Å². The molecule has 0 bridgehead atoms. The van der Waals surface area contributed by atoms with Crippen LogP contribution in [0.25, 0.3) is 0 Å². The number of hydrogen-bond donors (Lipinski definition) is 0.